The fraction of sp³-hybridized carbons (Fsp3) is 0.133. The van der Waals surface area contributed by atoms with Crippen LogP contribution in [0, 0.1) is 0 Å². The molecule has 0 aliphatic rings. The molecule has 0 aliphatic carbocycles. The molecule has 0 heterocycles. The topological polar surface area (TPSA) is 50.4 Å². The predicted octanol–water partition coefficient (Wildman–Crippen LogP) is 4.27. The molecule has 2 aromatic carbocycles. The summed E-state index contributed by atoms with van der Waals surface area (Å²) in [5.41, 5.74) is 1.56. The van der Waals surface area contributed by atoms with Crippen molar-refractivity contribution in [2.75, 3.05) is 24.3 Å². The highest BCUT2D eigenvalue weighted by Gasteiger charge is 2.10. The highest BCUT2D eigenvalue weighted by molar-refractivity contribution is 9.11. The monoisotopic (exact) mass is 412 g/mol. The normalized spacial score (nSPS) is 10.0. The summed E-state index contributed by atoms with van der Waals surface area (Å²) in [5.74, 6) is 0.522. The molecule has 2 aromatic rings. The molecule has 0 unspecified atom stereocenters. The molecular weight excluding hydrogens is 400 g/mol. The SMILES string of the molecule is COc1cc(NC(=O)CNc2ccccc2)c(Br)cc1Br. The number of ether oxygens (including phenoxy) is 1. The van der Waals surface area contributed by atoms with Crippen molar-refractivity contribution < 1.29 is 9.53 Å². The van der Waals surface area contributed by atoms with Crippen LogP contribution in [-0.4, -0.2) is 19.6 Å². The molecule has 0 fully saturated rings. The Hall–Kier alpha value is -1.53. The van der Waals surface area contributed by atoms with Gasteiger partial charge < -0.3 is 15.4 Å². The van der Waals surface area contributed by atoms with E-state index in [-0.39, 0.29) is 12.5 Å². The summed E-state index contributed by atoms with van der Waals surface area (Å²) in [6, 6.07) is 13.2. The first-order valence-corrected chi connectivity index (χ1v) is 7.80. The number of rotatable bonds is 5. The number of nitrogens with one attached hydrogen (secondary N) is 2. The molecule has 2 N–H and O–H groups in total. The number of amides is 1. The molecule has 0 atom stereocenters. The van der Waals surface area contributed by atoms with Gasteiger partial charge in [-0.15, -0.1) is 0 Å². The van der Waals surface area contributed by atoms with Crippen LogP contribution in [0.2, 0.25) is 0 Å². The van der Waals surface area contributed by atoms with Crippen LogP contribution in [0.4, 0.5) is 11.4 Å². The Bertz CT molecular complexity index is 633. The lowest BCUT2D eigenvalue weighted by atomic mass is 10.3. The van der Waals surface area contributed by atoms with Crippen molar-refractivity contribution in [1.29, 1.82) is 0 Å². The Labute approximate surface area is 140 Å². The predicted molar refractivity (Wildman–Crippen MR) is 92.0 cm³/mol. The molecule has 0 aliphatic heterocycles. The Balaban J connectivity index is 1.99. The average Bonchev–Trinajstić information content (AvgIpc) is 2.49. The van der Waals surface area contributed by atoms with Crippen molar-refractivity contribution in [2.24, 2.45) is 0 Å². The van der Waals surface area contributed by atoms with E-state index in [4.69, 9.17) is 4.74 Å². The maximum Gasteiger partial charge on any atom is 0.243 e. The van der Waals surface area contributed by atoms with Gasteiger partial charge in [0.25, 0.3) is 0 Å². The van der Waals surface area contributed by atoms with Crippen LogP contribution in [0.1, 0.15) is 0 Å². The first kappa shape index (κ1) is 15.9. The molecule has 0 spiro atoms. The summed E-state index contributed by atoms with van der Waals surface area (Å²) in [5, 5.41) is 5.89. The van der Waals surface area contributed by atoms with E-state index in [2.05, 4.69) is 42.5 Å². The lowest BCUT2D eigenvalue weighted by molar-refractivity contribution is -0.114. The zero-order chi connectivity index (χ0) is 15.2. The molecular formula is C15H14Br2N2O2. The molecule has 0 bridgehead atoms. The highest BCUT2D eigenvalue weighted by Crippen LogP contribution is 2.34. The smallest absolute Gasteiger partial charge is 0.243 e. The van der Waals surface area contributed by atoms with Gasteiger partial charge in [-0.1, -0.05) is 18.2 Å². The van der Waals surface area contributed by atoms with Crippen LogP contribution in [0.15, 0.2) is 51.4 Å². The number of anilines is 2. The zero-order valence-corrected chi connectivity index (χ0v) is 14.5. The van der Waals surface area contributed by atoms with Crippen LogP contribution in [0.5, 0.6) is 5.75 Å². The van der Waals surface area contributed by atoms with Gasteiger partial charge in [-0.2, -0.15) is 0 Å². The van der Waals surface area contributed by atoms with Crippen molar-refractivity contribution in [3.63, 3.8) is 0 Å². The first-order valence-electron chi connectivity index (χ1n) is 6.22. The second-order valence-electron chi connectivity index (χ2n) is 4.23. The third-order valence-corrected chi connectivity index (χ3v) is 4.02. The lowest BCUT2D eigenvalue weighted by Crippen LogP contribution is -2.21. The number of hydrogen-bond acceptors (Lipinski definition) is 3. The van der Waals surface area contributed by atoms with Gasteiger partial charge in [0.05, 0.1) is 23.8 Å². The van der Waals surface area contributed by atoms with E-state index in [1.165, 1.54) is 0 Å². The lowest BCUT2D eigenvalue weighted by Gasteiger charge is -2.12. The van der Waals surface area contributed by atoms with Crippen LogP contribution in [0.25, 0.3) is 0 Å². The van der Waals surface area contributed by atoms with Crippen molar-refractivity contribution >= 4 is 49.1 Å². The second-order valence-corrected chi connectivity index (χ2v) is 5.94. The number of benzene rings is 2. The highest BCUT2D eigenvalue weighted by atomic mass is 79.9. The summed E-state index contributed by atoms with van der Waals surface area (Å²) in [6.07, 6.45) is 0. The van der Waals surface area contributed by atoms with Gasteiger partial charge in [0, 0.05) is 16.2 Å². The summed E-state index contributed by atoms with van der Waals surface area (Å²) in [4.78, 5) is 12.0. The van der Waals surface area contributed by atoms with Gasteiger partial charge in [0.2, 0.25) is 5.91 Å². The molecule has 1 amide bonds. The molecule has 6 heteroatoms. The first-order chi connectivity index (χ1) is 10.1. The molecule has 0 saturated carbocycles. The quantitative estimate of drug-likeness (QED) is 0.769. The van der Waals surface area contributed by atoms with Gasteiger partial charge in [-0.3, -0.25) is 4.79 Å². The summed E-state index contributed by atoms with van der Waals surface area (Å²) < 4.78 is 6.81. The minimum Gasteiger partial charge on any atom is -0.495 e. The zero-order valence-electron chi connectivity index (χ0n) is 11.3. The fourth-order valence-electron chi connectivity index (χ4n) is 1.71. The molecule has 4 nitrogen and oxygen atoms in total. The maximum atomic E-state index is 12.0. The van der Waals surface area contributed by atoms with E-state index < -0.39 is 0 Å². The number of carbonyl (C=O) groups excluding carboxylic acids is 1. The van der Waals surface area contributed by atoms with Crippen molar-refractivity contribution in [3.8, 4) is 5.75 Å². The summed E-state index contributed by atoms with van der Waals surface area (Å²) >= 11 is 6.80. The van der Waals surface area contributed by atoms with E-state index in [0.717, 1.165) is 14.6 Å². The Morgan fingerprint density at radius 1 is 1.14 bits per heavy atom. The Kier molecular flexibility index (Phi) is 5.64. The van der Waals surface area contributed by atoms with E-state index in [1.807, 2.05) is 36.4 Å². The maximum absolute atomic E-state index is 12.0. The standard InChI is InChI=1S/C15H14Br2N2O2/c1-21-14-8-13(11(16)7-12(14)17)19-15(20)9-18-10-5-3-2-4-6-10/h2-8,18H,9H2,1H3,(H,19,20). The third-order valence-electron chi connectivity index (χ3n) is 2.74. The Morgan fingerprint density at radius 2 is 1.86 bits per heavy atom. The number of carbonyl (C=O) groups is 1. The van der Waals surface area contributed by atoms with Crippen molar-refractivity contribution in [1.82, 2.24) is 0 Å². The largest absolute Gasteiger partial charge is 0.495 e. The number of para-hydroxylation sites is 1. The average molecular weight is 414 g/mol. The molecule has 2 rings (SSSR count). The van der Waals surface area contributed by atoms with Crippen molar-refractivity contribution in [3.05, 3.63) is 51.4 Å². The number of methoxy groups -OCH3 is 1. The number of halogens is 2. The van der Waals surface area contributed by atoms with Crippen LogP contribution < -0.4 is 15.4 Å². The van der Waals surface area contributed by atoms with E-state index in [1.54, 1.807) is 13.2 Å². The van der Waals surface area contributed by atoms with Gasteiger partial charge in [-0.25, -0.2) is 0 Å². The van der Waals surface area contributed by atoms with Gasteiger partial charge in [-0.05, 0) is 50.1 Å². The van der Waals surface area contributed by atoms with Crippen LogP contribution >= 0.6 is 31.9 Å². The van der Waals surface area contributed by atoms with Crippen LogP contribution in [0.3, 0.4) is 0 Å². The summed E-state index contributed by atoms with van der Waals surface area (Å²) in [6.45, 7) is 0.189. The Morgan fingerprint density at radius 3 is 2.52 bits per heavy atom. The van der Waals surface area contributed by atoms with Crippen molar-refractivity contribution in [2.45, 2.75) is 0 Å². The summed E-state index contributed by atoms with van der Waals surface area (Å²) in [7, 11) is 1.58. The minimum absolute atomic E-state index is 0.135. The molecule has 0 saturated heterocycles. The molecule has 0 radical (unpaired) electrons. The molecule has 110 valence electrons. The second kappa shape index (κ2) is 7.47. The molecule has 0 aromatic heterocycles. The van der Waals surface area contributed by atoms with E-state index in [9.17, 15) is 4.79 Å². The van der Waals surface area contributed by atoms with Gasteiger partial charge in [0.1, 0.15) is 5.75 Å². The van der Waals surface area contributed by atoms with Gasteiger partial charge in [0.15, 0.2) is 0 Å². The van der Waals surface area contributed by atoms with E-state index >= 15 is 0 Å². The van der Waals surface area contributed by atoms with Gasteiger partial charge >= 0.3 is 0 Å². The third kappa shape index (κ3) is 4.47. The number of hydrogen-bond donors (Lipinski definition) is 2. The van der Waals surface area contributed by atoms with E-state index in [0.29, 0.717) is 11.4 Å². The van der Waals surface area contributed by atoms with Crippen LogP contribution in [-0.2, 0) is 4.79 Å². The minimum atomic E-state index is -0.135. The fourth-order valence-corrected chi connectivity index (χ4v) is 2.97. The molecule has 21 heavy (non-hydrogen) atoms.